The molecule has 0 aliphatic heterocycles. The number of para-hydroxylation sites is 1. The van der Waals surface area contributed by atoms with E-state index in [4.69, 9.17) is 9.47 Å². The molecular weight excluding hydrogens is 507 g/mol. The largest absolute Gasteiger partial charge is 0.490 e. The highest BCUT2D eigenvalue weighted by molar-refractivity contribution is 14.0. The molecule has 0 fully saturated rings. The maximum Gasteiger partial charge on any atom is 0.387 e. The molecule has 2 aromatic carbocycles. The van der Waals surface area contributed by atoms with Crippen LogP contribution in [0, 0.1) is 0 Å². The van der Waals surface area contributed by atoms with Crippen molar-refractivity contribution in [2.45, 2.75) is 26.2 Å². The van der Waals surface area contributed by atoms with Crippen LogP contribution in [0.4, 0.5) is 8.78 Å². The Morgan fingerprint density at radius 1 is 1.07 bits per heavy atom. The molecule has 0 aliphatic carbocycles. The van der Waals surface area contributed by atoms with Crippen LogP contribution in [0.2, 0.25) is 0 Å². The Kier molecular flexibility index (Phi) is 12.1. The number of nitrogens with zero attached hydrogens (tertiary/aromatic N) is 1. The molecule has 0 aromatic heterocycles. The molecule has 0 spiro atoms. The Hall–Kier alpha value is -2.14. The molecule has 9 heteroatoms. The second-order valence-electron chi connectivity index (χ2n) is 6.00. The Balaban J connectivity index is 0.00000450. The highest BCUT2D eigenvalue weighted by Gasteiger charge is 2.16. The van der Waals surface area contributed by atoms with Crippen LogP contribution in [-0.4, -0.2) is 39.9 Å². The quantitative estimate of drug-likeness (QED) is 0.269. The van der Waals surface area contributed by atoms with Crippen molar-refractivity contribution in [1.82, 2.24) is 10.6 Å². The summed E-state index contributed by atoms with van der Waals surface area (Å²) in [5.41, 5.74) is 1.57. The van der Waals surface area contributed by atoms with E-state index in [1.165, 1.54) is 0 Å². The van der Waals surface area contributed by atoms with E-state index >= 15 is 0 Å². The molecule has 0 saturated carbocycles. The maximum absolute atomic E-state index is 12.8. The summed E-state index contributed by atoms with van der Waals surface area (Å²) in [5.74, 6) is 0.803. The number of halogens is 3. The topological polar surface area (TPSA) is 64.1 Å². The van der Waals surface area contributed by atoms with Crippen molar-refractivity contribution in [3.8, 4) is 11.5 Å². The molecule has 30 heavy (non-hydrogen) atoms. The van der Waals surface area contributed by atoms with Gasteiger partial charge in [-0.3, -0.25) is 4.99 Å². The van der Waals surface area contributed by atoms with Crippen LogP contribution < -0.4 is 20.1 Å². The molecule has 0 saturated heterocycles. The lowest BCUT2D eigenvalue weighted by Crippen LogP contribution is -2.39. The highest BCUT2D eigenvalue weighted by atomic mass is 127. The third-order valence-electron chi connectivity index (χ3n) is 4.15. The van der Waals surface area contributed by atoms with Gasteiger partial charge in [-0.25, -0.2) is 0 Å². The number of guanidine groups is 1. The monoisotopic (exact) mass is 535 g/mol. The van der Waals surface area contributed by atoms with Crippen molar-refractivity contribution in [3.05, 3.63) is 59.7 Å². The van der Waals surface area contributed by atoms with Crippen LogP contribution in [0.3, 0.4) is 0 Å². The summed E-state index contributed by atoms with van der Waals surface area (Å²) in [7, 11) is 3.27. The van der Waals surface area contributed by atoms with Gasteiger partial charge in [0.25, 0.3) is 0 Å². The molecule has 0 aliphatic rings. The summed E-state index contributed by atoms with van der Waals surface area (Å²) in [6, 6.07) is 14.8. The van der Waals surface area contributed by atoms with Crippen LogP contribution >= 0.6 is 24.0 Å². The number of methoxy groups -OCH3 is 1. The third-order valence-corrected chi connectivity index (χ3v) is 4.15. The number of hydrogen-bond donors (Lipinski definition) is 2. The predicted molar refractivity (Wildman–Crippen MR) is 124 cm³/mol. The number of benzene rings is 2. The van der Waals surface area contributed by atoms with Gasteiger partial charge in [-0.1, -0.05) is 42.5 Å². The first kappa shape index (κ1) is 25.9. The molecular formula is C21H28F2IN3O3. The van der Waals surface area contributed by atoms with Gasteiger partial charge in [-0.15, -0.1) is 24.0 Å². The molecule has 0 radical (unpaired) electrons. The van der Waals surface area contributed by atoms with Crippen molar-refractivity contribution < 1.29 is 23.0 Å². The minimum Gasteiger partial charge on any atom is -0.490 e. The van der Waals surface area contributed by atoms with E-state index in [9.17, 15) is 8.78 Å². The Labute approximate surface area is 193 Å². The van der Waals surface area contributed by atoms with Gasteiger partial charge < -0.3 is 24.8 Å². The zero-order valence-corrected chi connectivity index (χ0v) is 19.6. The van der Waals surface area contributed by atoms with Crippen molar-refractivity contribution in [2.75, 3.05) is 27.3 Å². The van der Waals surface area contributed by atoms with E-state index in [-0.39, 0.29) is 48.1 Å². The Bertz CT molecular complexity index is 779. The van der Waals surface area contributed by atoms with Gasteiger partial charge in [-0.05, 0) is 18.6 Å². The number of ether oxygens (including phenoxy) is 3. The van der Waals surface area contributed by atoms with E-state index in [2.05, 4.69) is 20.4 Å². The first-order valence-corrected chi connectivity index (χ1v) is 9.30. The molecule has 2 aromatic rings. The molecule has 1 atom stereocenters. The molecule has 0 heterocycles. The molecule has 2 N–H and O–H groups in total. The number of aliphatic imine (C=N–C) groups is 1. The van der Waals surface area contributed by atoms with Crippen LogP contribution in [-0.2, 0) is 11.3 Å². The molecule has 166 valence electrons. The summed E-state index contributed by atoms with van der Waals surface area (Å²) < 4.78 is 41.3. The van der Waals surface area contributed by atoms with E-state index in [0.29, 0.717) is 24.7 Å². The lowest BCUT2D eigenvalue weighted by atomic mass is 10.1. The summed E-state index contributed by atoms with van der Waals surface area (Å²) in [6.07, 6.45) is -0.159. The number of alkyl halides is 2. The first-order valence-electron chi connectivity index (χ1n) is 9.30. The normalized spacial score (nSPS) is 12.1. The average Bonchev–Trinajstić information content (AvgIpc) is 2.73. The van der Waals surface area contributed by atoms with Crippen LogP contribution in [0.15, 0.2) is 53.5 Å². The van der Waals surface area contributed by atoms with Gasteiger partial charge in [0.1, 0.15) is 0 Å². The second kappa shape index (κ2) is 14.0. The zero-order chi connectivity index (χ0) is 21.1. The van der Waals surface area contributed by atoms with Gasteiger partial charge in [0.2, 0.25) is 0 Å². The number of hydrogen-bond acceptors (Lipinski definition) is 4. The van der Waals surface area contributed by atoms with Gasteiger partial charge >= 0.3 is 6.61 Å². The number of rotatable bonds is 10. The highest BCUT2D eigenvalue weighted by Crippen LogP contribution is 2.32. The van der Waals surface area contributed by atoms with Gasteiger partial charge in [0.05, 0.1) is 12.7 Å². The molecule has 0 amide bonds. The molecule has 2 rings (SSSR count). The third kappa shape index (κ3) is 7.94. The van der Waals surface area contributed by atoms with E-state index in [0.717, 1.165) is 5.56 Å². The van der Waals surface area contributed by atoms with E-state index in [1.807, 2.05) is 30.3 Å². The van der Waals surface area contributed by atoms with Crippen molar-refractivity contribution >= 4 is 29.9 Å². The predicted octanol–water partition coefficient (Wildman–Crippen LogP) is 4.36. The lowest BCUT2D eigenvalue weighted by Gasteiger charge is -2.20. The molecule has 1 unspecified atom stereocenters. The van der Waals surface area contributed by atoms with Crippen LogP contribution in [0.25, 0.3) is 0 Å². The Morgan fingerprint density at radius 3 is 2.40 bits per heavy atom. The average molecular weight is 535 g/mol. The van der Waals surface area contributed by atoms with E-state index < -0.39 is 6.61 Å². The summed E-state index contributed by atoms with van der Waals surface area (Å²) in [5, 5.41) is 6.29. The second-order valence-corrected chi connectivity index (χ2v) is 6.00. The zero-order valence-electron chi connectivity index (χ0n) is 17.2. The smallest absolute Gasteiger partial charge is 0.387 e. The fraction of sp³-hybridized carbons (Fsp3) is 0.381. The van der Waals surface area contributed by atoms with Gasteiger partial charge in [0, 0.05) is 32.8 Å². The van der Waals surface area contributed by atoms with Crippen LogP contribution in [0.1, 0.15) is 24.2 Å². The van der Waals surface area contributed by atoms with Crippen molar-refractivity contribution in [1.29, 1.82) is 0 Å². The molecule has 6 nitrogen and oxygen atoms in total. The Morgan fingerprint density at radius 2 is 1.80 bits per heavy atom. The maximum atomic E-state index is 12.8. The van der Waals surface area contributed by atoms with Gasteiger partial charge in [0.15, 0.2) is 17.5 Å². The summed E-state index contributed by atoms with van der Waals surface area (Å²) >= 11 is 0. The summed E-state index contributed by atoms with van der Waals surface area (Å²) in [4.78, 5) is 4.17. The number of nitrogens with one attached hydrogen (secondary N) is 2. The first-order chi connectivity index (χ1) is 14.1. The van der Waals surface area contributed by atoms with E-state index in [1.54, 1.807) is 39.3 Å². The molecule has 0 bridgehead atoms. The lowest BCUT2D eigenvalue weighted by molar-refractivity contribution is -0.0520. The standard InChI is InChI=1S/C21H27F2N3O3.HI/c1-4-28-17-12-8-11-16(19(17)29-20(22)23)13-25-21(24-2)26-14-18(27-3)15-9-6-5-7-10-15;/h5-12,18,20H,4,13-14H2,1-3H3,(H2,24,25,26);1H. The minimum atomic E-state index is -2.94. The fourth-order valence-electron chi connectivity index (χ4n) is 2.79. The minimum absolute atomic E-state index is 0. The van der Waals surface area contributed by atoms with Gasteiger partial charge in [-0.2, -0.15) is 8.78 Å². The van der Waals surface area contributed by atoms with Crippen molar-refractivity contribution in [2.24, 2.45) is 4.99 Å². The van der Waals surface area contributed by atoms with Crippen LogP contribution in [0.5, 0.6) is 11.5 Å². The van der Waals surface area contributed by atoms with Crippen molar-refractivity contribution in [3.63, 3.8) is 0 Å². The fourth-order valence-corrected chi connectivity index (χ4v) is 2.79. The SMILES string of the molecule is CCOc1cccc(CNC(=NC)NCC(OC)c2ccccc2)c1OC(F)F.I. The summed E-state index contributed by atoms with van der Waals surface area (Å²) in [6.45, 7) is -0.106.